The van der Waals surface area contributed by atoms with E-state index in [0.29, 0.717) is 18.4 Å². The maximum absolute atomic E-state index is 13.7. The number of benzene rings is 1. The van der Waals surface area contributed by atoms with Crippen LogP contribution in [0.2, 0.25) is 0 Å². The minimum atomic E-state index is -0.851. The molecule has 1 aromatic carbocycles. The molecule has 0 spiro atoms. The maximum atomic E-state index is 13.7. The second kappa shape index (κ2) is 6.07. The number of nitro groups is 1. The minimum Gasteiger partial charge on any atom is -0.392 e. The molecule has 0 saturated heterocycles. The number of nitrogen functional groups attached to an aromatic ring is 1. The average molecular weight is 295 g/mol. The quantitative estimate of drug-likeness (QED) is 0.506. The van der Waals surface area contributed by atoms with Crippen molar-refractivity contribution >= 4 is 17.3 Å². The molecule has 114 valence electrons. The third-order valence-electron chi connectivity index (χ3n) is 3.95. The monoisotopic (exact) mass is 295 g/mol. The molecule has 1 amide bonds. The number of carbonyl (C=O) groups excluding carboxylic acids is 1. The lowest BCUT2D eigenvalue weighted by atomic mass is 10.1. The van der Waals surface area contributed by atoms with Crippen LogP contribution in [0.5, 0.6) is 0 Å². The van der Waals surface area contributed by atoms with Gasteiger partial charge >= 0.3 is 0 Å². The fourth-order valence-electron chi connectivity index (χ4n) is 2.81. The van der Waals surface area contributed by atoms with Gasteiger partial charge in [0, 0.05) is 12.6 Å². The molecule has 2 unspecified atom stereocenters. The van der Waals surface area contributed by atoms with Crippen LogP contribution in [-0.4, -0.2) is 17.4 Å². The van der Waals surface area contributed by atoms with Gasteiger partial charge in [-0.15, -0.1) is 0 Å². The summed E-state index contributed by atoms with van der Waals surface area (Å²) in [4.78, 5) is 22.1. The summed E-state index contributed by atoms with van der Waals surface area (Å²) in [6.45, 7) is 2.59. The zero-order valence-electron chi connectivity index (χ0n) is 11.8. The first-order valence-electron chi connectivity index (χ1n) is 6.90. The Balaban J connectivity index is 2.11. The van der Waals surface area contributed by atoms with Crippen LogP contribution in [-0.2, 0) is 0 Å². The highest BCUT2D eigenvalue weighted by molar-refractivity contribution is 6.01. The van der Waals surface area contributed by atoms with Crippen molar-refractivity contribution < 1.29 is 14.1 Å². The molecule has 2 rings (SSSR count). The lowest BCUT2D eigenvalue weighted by Gasteiger charge is -2.12. The Labute approximate surface area is 121 Å². The number of rotatable bonds is 4. The predicted molar refractivity (Wildman–Crippen MR) is 76.3 cm³/mol. The number of anilines is 1. The van der Waals surface area contributed by atoms with E-state index in [1.54, 1.807) is 0 Å². The Bertz CT molecular complexity index is 577. The standard InChI is InChI=1S/C14H18FN3O3/c1-8-2-3-9(6-8)7-17-14(19)12-10(15)4-5-11(13(12)16)18(20)21/h4-5,8-9H,2-3,6-7,16H2,1H3,(H,17,19). The highest BCUT2D eigenvalue weighted by Gasteiger charge is 2.26. The molecular formula is C14H18FN3O3. The molecule has 1 saturated carbocycles. The van der Waals surface area contributed by atoms with E-state index in [1.165, 1.54) is 0 Å². The van der Waals surface area contributed by atoms with Gasteiger partial charge in [-0.2, -0.15) is 0 Å². The lowest BCUT2D eigenvalue weighted by Crippen LogP contribution is -2.30. The van der Waals surface area contributed by atoms with Crippen LogP contribution >= 0.6 is 0 Å². The summed E-state index contributed by atoms with van der Waals surface area (Å²) in [7, 11) is 0. The third-order valence-corrected chi connectivity index (χ3v) is 3.95. The highest BCUT2D eigenvalue weighted by atomic mass is 19.1. The van der Waals surface area contributed by atoms with Crippen molar-refractivity contribution in [2.45, 2.75) is 26.2 Å². The molecule has 21 heavy (non-hydrogen) atoms. The molecule has 1 aliphatic carbocycles. The Morgan fingerprint density at radius 1 is 1.52 bits per heavy atom. The summed E-state index contributed by atoms with van der Waals surface area (Å²) >= 11 is 0. The van der Waals surface area contributed by atoms with Crippen LogP contribution in [0.3, 0.4) is 0 Å². The van der Waals surface area contributed by atoms with Gasteiger partial charge in [-0.3, -0.25) is 14.9 Å². The normalized spacial score (nSPS) is 21.2. The van der Waals surface area contributed by atoms with Gasteiger partial charge in [-0.05, 0) is 30.7 Å². The van der Waals surface area contributed by atoms with Crippen LogP contribution in [0.1, 0.15) is 36.5 Å². The second-order valence-corrected chi connectivity index (χ2v) is 5.61. The Morgan fingerprint density at radius 3 is 2.81 bits per heavy atom. The molecule has 0 aliphatic heterocycles. The highest BCUT2D eigenvalue weighted by Crippen LogP contribution is 2.30. The molecule has 1 fully saturated rings. The molecule has 1 aliphatic rings. The molecule has 0 aromatic heterocycles. The summed E-state index contributed by atoms with van der Waals surface area (Å²) in [6.07, 6.45) is 3.16. The van der Waals surface area contributed by atoms with Crippen LogP contribution in [0, 0.1) is 27.8 Å². The predicted octanol–water partition coefficient (Wildman–Crippen LogP) is 2.48. The fraction of sp³-hybridized carbons (Fsp3) is 0.500. The summed E-state index contributed by atoms with van der Waals surface area (Å²) in [6, 6.07) is 1.85. The number of nitrogens with zero attached hydrogens (tertiary/aromatic N) is 1. The van der Waals surface area contributed by atoms with Gasteiger partial charge in [-0.1, -0.05) is 13.3 Å². The van der Waals surface area contributed by atoms with Crippen LogP contribution in [0.4, 0.5) is 15.8 Å². The first-order chi connectivity index (χ1) is 9.90. The number of carbonyl (C=O) groups is 1. The van der Waals surface area contributed by atoms with Crippen molar-refractivity contribution in [3.8, 4) is 0 Å². The van der Waals surface area contributed by atoms with E-state index in [-0.39, 0.29) is 0 Å². The zero-order valence-corrected chi connectivity index (χ0v) is 11.8. The summed E-state index contributed by atoms with van der Waals surface area (Å²) in [5.41, 5.74) is 4.21. The smallest absolute Gasteiger partial charge is 0.293 e. The fourth-order valence-corrected chi connectivity index (χ4v) is 2.81. The second-order valence-electron chi connectivity index (χ2n) is 5.61. The van der Waals surface area contributed by atoms with E-state index in [0.717, 1.165) is 31.4 Å². The summed E-state index contributed by atoms with van der Waals surface area (Å²) < 4.78 is 13.7. The first kappa shape index (κ1) is 15.2. The Hall–Kier alpha value is -2.18. The number of nitrogens with two attached hydrogens (primary N) is 1. The topological polar surface area (TPSA) is 98.3 Å². The van der Waals surface area contributed by atoms with Crippen LogP contribution in [0.25, 0.3) is 0 Å². The molecule has 0 radical (unpaired) electrons. The lowest BCUT2D eigenvalue weighted by molar-refractivity contribution is -0.384. The number of nitro benzene ring substituents is 1. The van der Waals surface area contributed by atoms with Gasteiger partial charge < -0.3 is 11.1 Å². The number of hydrogen-bond acceptors (Lipinski definition) is 4. The molecule has 6 nitrogen and oxygen atoms in total. The number of hydrogen-bond donors (Lipinski definition) is 2. The van der Waals surface area contributed by atoms with Gasteiger partial charge in [-0.25, -0.2) is 4.39 Å². The van der Waals surface area contributed by atoms with Crippen LogP contribution in [0.15, 0.2) is 12.1 Å². The third kappa shape index (κ3) is 3.29. The zero-order chi connectivity index (χ0) is 15.6. The minimum absolute atomic E-state index is 0.368. The summed E-state index contributed by atoms with van der Waals surface area (Å²) in [5, 5.41) is 13.4. The van der Waals surface area contributed by atoms with E-state index in [1.807, 2.05) is 0 Å². The molecule has 1 aromatic rings. The van der Waals surface area contributed by atoms with Gasteiger partial charge in [0.05, 0.1) is 4.92 Å². The van der Waals surface area contributed by atoms with E-state index in [4.69, 9.17) is 5.73 Å². The van der Waals surface area contributed by atoms with E-state index < -0.39 is 33.6 Å². The van der Waals surface area contributed by atoms with E-state index >= 15 is 0 Å². The molecule has 0 heterocycles. The van der Waals surface area contributed by atoms with Crippen molar-refractivity contribution in [2.24, 2.45) is 11.8 Å². The van der Waals surface area contributed by atoms with Gasteiger partial charge in [0.25, 0.3) is 11.6 Å². The molecule has 7 heteroatoms. The largest absolute Gasteiger partial charge is 0.392 e. The molecular weight excluding hydrogens is 277 g/mol. The Kier molecular flexibility index (Phi) is 4.40. The van der Waals surface area contributed by atoms with Crippen molar-refractivity contribution in [2.75, 3.05) is 12.3 Å². The number of halogens is 1. The van der Waals surface area contributed by atoms with Crippen molar-refractivity contribution in [3.05, 3.63) is 33.6 Å². The first-order valence-corrected chi connectivity index (χ1v) is 6.90. The molecule has 3 N–H and O–H groups in total. The molecule has 0 bridgehead atoms. The van der Waals surface area contributed by atoms with Crippen LogP contribution < -0.4 is 11.1 Å². The van der Waals surface area contributed by atoms with Crippen molar-refractivity contribution in [3.63, 3.8) is 0 Å². The average Bonchev–Trinajstić information content (AvgIpc) is 2.82. The van der Waals surface area contributed by atoms with Gasteiger partial charge in [0.15, 0.2) is 0 Å². The van der Waals surface area contributed by atoms with E-state index in [2.05, 4.69) is 12.2 Å². The van der Waals surface area contributed by atoms with E-state index in [9.17, 15) is 19.3 Å². The Morgan fingerprint density at radius 2 is 2.24 bits per heavy atom. The van der Waals surface area contributed by atoms with Crippen molar-refractivity contribution in [1.82, 2.24) is 5.32 Å². The molecule has 2 atom stereocenters. The maximum Gasteiger partial charge on any atom is 0.293 e. The summed E-state index contributed by atoms with van der Waals surface area (Å²) in [5.74, 6) is -0.554. The van der Waals surface area contributed by atoms with Gasteiger partial charge in [0.1, 0.15) is 17.1 Å². The van der Waals surface area contributed by atoms with Gasteiger partial charge in [0.2, 0.25) is 0 Å². The number of nitrogens with one attached hydrogen (secondary N) is 1. The van der Waals surface area contributed by atoms with Crippen molar-refractivity contribution in [1.29, 1.82) is 0 Å². The number of amides is 1. The SMILES string of the molecule is CC1CCC(CNC(=O)c2c(F)ccc([N+](=O)[O-])c2N)C1.